The molecule has 1 aromatic heterocycles. The van der Waals surface area contributed by atoms with Gasteiger partial charge >= 0.3 is 5.69 Å². The predicted octanol–water partition coefficient (Wildman–Crippen LogP) is -1.39. The van der Waals surface area contributed by atoms with Crippen molar-refractivity contribution >= 4 is 0 Å². The van der Waals surface area contributed by atoms with Crippen LogP contribution >= 0.6 is 0 Å². The molecule has 0 spiro atoms. The Morgan fingerprint density at radius 2 is 2.39 bits per heavy atom. The third-order valence-corrected chi connectivity index (χ3v) is 2.47. The van der Waals surface area contributed by atoms with Crippen LogP contribution in [0.4, 0.5) is 8.78 Å². The van der Waals surface area contributed by atoms with Gasteiger partial charge in [-0.15, -0.1) is 0 Å². The van der Waals surface area contributed by atoms with Crippen molar-refractivity contribution in [3.05, 3.63) is 32.9 Å². The van der Waals surface area contributed by atoms with Gasteiger partial charge in [0.15, 0.2) is 6.23 Å². The smallest absolute Gasteiger partial charge is 0.330 e. The summed E-state index contributed by atoms with van der Waals surface area (Å²) in [5.41, 5.74) is -2.48. The van der Waals surface area contributed by atoms with Crippen molar-refractivity contribution in [1.82, 2.24) is 9.55 Å². The Labute approximate surface area is 101 Å². The highest BCUT2D eigenvalue weighted by Crippen LogP contribution is 2.36. The van der Waals surface area contributed by atoms with Gasteiger partial charge in [-0.3, -0.25) is 14.3 Å². The van der Waals surface area contributed by atoms with E-state index in [4.69, 9.17) is 7.85 Å². The van der Waals surface area contributed by atoms with Crippen molar-refractivity contribution < 1.29 is 26.5 Å². The third kappa shape index (κ3) is 2.07. The van der Waals surface area contributed by atoms with Gasteiger partial charge in [0, 0.05) is 6.42 Å². The number of ether oxygens (including phenoxy) is 1. The molecule has 0 amide bonds. The number of aromatic amines is 1. The second-order valence-corrected chi connectivity index (χ2v) is 3.76. The van der Waals surface area contributed by atoms with Crippen molar-refractivity contribution in [2.75, 3.05) is 6.56 Å². The van der Waals surface area contributed by atoms with E-state index >= 15 is 0 Å². The average Bonchev–Trinajstić information content (AvgIpc) is 2.60. The summed E-state index contributed by atoms with van der Waals surface area (Å²) >= 11 is 0. The average molecular weight is 266 g/mol. The number of aliphatic hydroxyl groups is 2. The monoisotopic (exact) mass is 266 g/mol. The molecule has 3 atom stereocenters. The summed E-state index contributed by atoms with van der Waals surface area (Å²) in [4.78, 5) is 23.9. The number of aromatic nitrogens is 2. The Kier molecular flexibility index (Phi) is 2.45. The molecule has 18 heavy (non-hydrogen) atoms. The van der Waals surface area contributed by atoms with Crippen molar-refractivity contribution in [1.29, 1.82) is 0 Å². The highest BCUT2D eigenvalue weighted by atomic mass is 19.2. The van der Waals surface area contributed by atoms with Crippen molar-refractivity contribution in [2.45, 2.75) is 24.6 Å². The topological polar surface area (TPSA) is 105 Å². The molecular weight excluding hydrogens is 254 g/mol. The minimum absolute atomic E-state index is 0.370. The van der Waals surface area contributed by atoms with Gasteiger partial charge in [-0.25, -0.2) is 9.18 Å². The van der Waals surface area contributed by atoms with E-state index in [2.05, 4.69) is 4.74 Å². The summed E-state index contributed by atoms with van der Waals surface area (Å²) in [6, 6.07) is 0. The van der Waals surface area contributed by atoms with Gasteiger partial charge in [-0.1, -0.05) is 0 Å². The SMILES string of the molecule is [2H]C([2H])(O)[C@]1(F)C[C@@H](O)[C@H](n2cc(F)c(=O)[nH]c2=O)O1. The summed E-state index contributed by atoms with van der Waals surface area (Å²) in [6.07, 6.45) is -4.10. The van der Waals surface area contributed by atoms with Crippen LogP contribution in [-0.4, -0.2) is 38.3 Å². The minimum atomic E-state index is -3.44. The van der Waals surface area contributed by atoms with Crippen molar-refractivity contribution in [3.63, 3.8) is 0 Å². The standard InChI is InChI=1S/C9H10F2N2O5/c10-4-2-13(8(17)12-6(4)16)7-5(15)1-9(11,3-14)18-7/h2,5,7,14-15H,1,3H2,(H,12,16,17)/t5-,7-,9+/m1/s1/i3D2. The van der Waals surface area contributed by atoms with Crippen molar-refractivity contribution in [3.8, 4) is 0 Å². The predicted molar refractivity (Wildman–Crippen MR) is 53.0 cm³/mol. The van der Waals surface area contributed by atoms with Crippen molar-refractivity contribution in [2.24, 2.45) is 0 Å². The molecule has 0 radical (unpaired) electrons. The molecule has 0 aromatic carbocycles. The quantitative estimate of drug-likeness (QED) is 0.611. The molecule has 2 rings (SSSR count). The van der Waals surface area contributed by atoms with Crippen LogP contribution < -0.4 is 11.2 Å². The van der Waals surface area contributed by atoms with Crippen LogP contribution in [0.15, 0.2) is 15.8 Å². The molecule has 1 aromatic rings. The number of rotatable bonds is 2. The van der Waals surface area contributed by atoms with E-state index in [1.54, 1.807) is 4.98 Å². The molecule has 2 heterocycles. The molecule has 1 fully saturated rings. The van der Waals surface area contributed by atoms with Crippen LogP contribution in [0.3, 0.4) is 0 Å². The summed E-state index contributed by atoms with van der Waals surface area (Å²) in [6.45, 7) is -3.44. The first-order chi connectivity index (χ1) is 9.05. The van der Waals surface area contributed by atoms with Crippen LogP contribution in [0.2, 0.25) is 0 Å². The third-order valence-electron chi connectivity index (χ3n) is 2.47. The molecule has 1 saturated heterocycles. The lowest BCUT2D eigenvalue weighted by molar-refractivity contribution is -0.181. The van der Waals surface area contributed by atoms with Gasteiger partial charge in [0.2, 0.25) is 11.7 Å². The van der Waals surface area contributed by atoms with E-state index < -0.39 is 48.2 Å². The first-order valence-corrected chi connectivity index (χ1v) is 4.83. The molecule has 7 nitrogen and oxygen atoms in total. The maximum absolute atomic E-state index is 14.0. The zero-order valence-electron chi connectivity index (χ0n) is 10.8. The molecule has 3 N–H and O–H groups in total. The van der Waals surface area contributed by atoms with Crippen LogP contribution in [0.5, 0.6) is 0 Å². The molecule has 0 aliphatic carbocycles. The number of nitrogens with zero attached hydrogens (tertiary/aromatic N) is 1. The maximum Gasteiger partial charge on any atom is 0.330 e. The van der Waals surface area contributed by atoms with Gasteiger partial charge in [-0.05, 0) is 0 Å². The Balaban J connectivity index is 2.43. The van der Waals surface area contributed by atoms with Gasteiger partial charge in [0.05, 0.1) is 8.94 Å². The Bertz CT molecular complexity index is 642. The normalized spacial score (nSPS) is 34.2. The van der Waals surface area contributed by atoms with E-state index in [-0.39, 0.29) is 0 Å². The minimum Gasteiger partial charge on any atom is -0.390 e. The number of alkyl halides is 1. The number of aliphatic hydroxyl groups excluding tert-OH is 1. The van der Waals surface area contributed by atoms with Crippen LogP contribution in [0.1, 0.15) is 15.4 Å². The first-order valence-electron chi connectivity index (χ1n) is 5.83. The van der Waals surface area contributed by atoms with Gasteiger partial charge in [0.1, 0.15) is 12.7 Å². The zero-order valence-corrected chi connectivity index (χ0v) is 8.76. The van der Waals surface area contributed by atoms with Crippen LogP contribution in [0, 0.1) is 5.82 Å². The number of hydrogen-bond acceptors (Lipinski definition) is 5. The van der Waals surface area contributed by atoms with Crippen LogP contribution in [0.25, 0.3) is 0 Å². The molecule has 100 valence electrons. The fourth-order valence-electron chi connectivity index (χ4n) is 1.65. The number of H-pyrrole nitrogens is 1. The van der Waals surface area contributed by atoms with E-state index in [1.165, 1.54) is 0 Å². The Morgan fingerprint density at radius 3 is 2.94 bits per heavy atom. The molecule has 0 saturated carbocycles. The van der Waals surface area contributed by atoms with E-state index in [0.717, 1.165) is 0 Å². The number of nitrogens with one attached hydrogen (secondary N) is 1. The fraction of sp³-hybridized carbons (Fsp3) is 0.556. The van der Waals surface area contributed by atoms with Gasteiger partial charge in [-0.2, -0.15) is 4.39 Å². The molecule has 1 aliphatic heterocycles. The van der Waals surface area contributed by atoms with Gasteiger partial charge < -0.3 is 14.9 Å². The first kappa shape index (κ1) is 10.4. The summed E-state index contributed by atoms with van der Waals surface area (Å²) in [5, 5.41) is 18.6. The van der Waals surface area contributed by atoms with Gasteiger partial charge in [0.25, 0.3) is 5.56 Å². The molecular formula is C9H10F2N2O5. The number of hydrogen-bond donors (Lipinski definition) is 3. The lowest BCUT2D eigenvalue weighted by Crippen LogP contribution is -2.37. The Morgan fingerprint density at radius 1 is 1.72 bits per heavy atom. The lowest BCUT2D eigenvalue weighted by atomic mass is 10.2. The lowest BCUT2D eigenvalue weighted by Gasteiger charge is -2.19. The van der Waals surface area contributed by atoms with E-state index in [1.807, 2.05) is 0 Å². The summed E-state index contributed by atoms with van der Waals surface area (Å²) in [7, 11) is 0. The highest BCUT2D eigenvalue weighted by Gasteiger charge is 2.47. The zero-order chi connectivity index (χ0) is 15.3. The van der Waals surface area contributed by atoms with E-state index in [0.29, 0.717) is 10.8 Å². The van der Waals surface area contributed by atoms with E-state index in [9.17, 15) is 23.5 Å². The molecule has 0 unspecified atom stereocenters. The molecule has 9 heteroatoms. The highest BCUT2D eigenvalue weighted by molar-refractivity contribution is 4.93. The fourth-order valence-corrected chi connectivity index (χ4v) is 1.65. The summed E-state index contributed by atoms with van der Waals surface area (Å²) < 4.78 is 45.8. The van der Waals surface area contributed by atoms with Crippen LogP contribution in [-0.2, 0) is 4.74 Å². The Hall–Kier alpha value is -1.58. The molecule has 1 aliphatic rings. The largest absolute Gasteiger partial charge is 0.390 e. The second-order valence-electron chi connectivity index (χ2n) is 3.76. The summed E-state index contributed by atoms with van der Waals surface area (Å²) in [5.74, 6) is -4.65. The second kappa shape index (κ2) is 4.26. The molecule has 0 bridgehead atoms. The maximum atomic E-state index is 14.0. The number of halogens is 2.